The van der Waals surface area contributed by atoms with E-state index in [0.717, 1.165) is 5.39 Å². The zero-order valence-electron chi connectivity index (χ0n) is 15.6. The van der Waals surface area contributed by atoms with Crippen molar-refractivity contribution < 1.29 is 14.8 Å². The number of para-hydroxylation sites is 1. The maximum atomic E-state index is 11.9. The fraction of sp³-hybridized carbons (Fsp3) is 0.316. The molecule has 10 nitrogen and oxygen atoms in total. The highest BCUT2D eigenvalue weighted by atomic mass is 16.6. The van der Waals surface area contributed by atoms with Crippen LogP contribution in [0.2, 0.25) is 0 Å². The highest BCUT2D eigenvalue weighted by molar-refractivity contribution is 5.84. The molecule has 1 aromatic carbocycles. The Bertz CT molecular complexity index is 1020. The average molecular weight is 396 g/mol. The van der Waals surface area contributed by atoms with Gasteiger partial charge in [-0.25, -0.2) is 4.98 Å². The summed E-state index contributed by atoms with van der Waals surface area (Å²) in [7, 11) is 0. The lowest BCUT2D eigenvalue weighted by molar-refractivity contribution is -0.385. The van der Waals surface area contributed by atoms with Gasteiger partial charge in [0.05, 0.1) is 11.5 Å². The second-order valence-electron chi connectivity index (χ2n) is 6.59. The van der Waals surface area contributed by atoms with Crippen molar-refractivity contribution in [3.8, 4) is 11.6 Å². The number of anilines is 1. The van der Waals surface area contributed by atoms with Gasteiger partial charge in [-0.1, -0.05) is 18.2 Å². The second-order valence-corrected chi connectivity index (χ2v) is 6.59. The Kier molecular flexibility index (Phi) is 5.45. The van der Waals surface area contributed by atoms with Crippen molar-refractivity contribution in [1.29, 1.82) is 0 Å². The maximum absolute atomic E-state index is 11.9. The van der Waals surface area contributed by atoms with E-state index in [1.165, 1.54) is 6.33 Å². The predicted octanol–water partition coefficient (Wildman–Crippen LogP) is 1.84. The average Bonchev–Trinajstić information content (AvgIpc) is 2.74. The minimum absolute atomic E-state index is 0.0880. The lowest BCUT2D eigenvalue weighted by atomic mass is 10.2. The monoisotopic (exact) mass is 396 g/mol. The number of benzene rings is 1. The molecule has 0 unspecified atom stereocenters. The Balaban J connectivity index is 1.66. The molecule has 3 heterocycles. The smallest absolute Gasteiger partial charge is 0.373 e. The van der Waals surface area contributed by atoms with E-state index in [1.54, 1.807) is 18.3 Å². The molecule has 0 saturated carbocycles. The molecular weight excluding hydrogens is 376 g/mol. The molecule has 29 heavy (non-hydrogen) atoms. The number of nitrogens with zero attached hydrogens (tertiary/aromatic N) is 6. The van der Waals surface area contributed by atoms with Crippen molar-refractivity contribution in [3.63, 3.8) is 0 Å². The van der Waals surface area contributed by atoms with E-state index in [9.17, 15) is 10.1 Å². The number of hydrogen-bond donors (Lipinski definition) is 1. The molecule has 10 heteroatoms. The Morgan fingerprint density at radius 2 is 1.90 bits per heavy atom. The lowest BCUT2D eigenvalue weighted by Crippen LogP contribution is -2.47. The standard InChI is InChI=1S/C19H20N6O4/c26-12-11-23-7-9-24(10-8-23)18-17(25(27)28)19(22-13-21-18)29-15-5-1-3-14-4-2-6-20-16(14)15/h1-6,13,26H,7-12H2. The van der Waals surface area contributed by atoms with Crippen LogP contribution in [0.5, 0.6) is 11.6 Å². The van der Waals surface area contributed by atoms with Crippen LogP contribution >= 0.6 is 0 Å². The predicted molar refractivity (Wildman–Crippen MR) is 106 cm³/mol. The molecule has 1 aliphatic rings. The van der Waals surface area contributed by atoms with Gasteiger partial charge in [-0.3, -0.25) is 20.0 Å². The summed E-state index contributed by atoms with van der Waals surface area (Å²) in [5, 5.41) is 21.8. The zero-order valence-corrected chi connectivity index (χ0v) is 15.6. The molecule has 1 N–H and O–H groups in total. The molecule has 150 valence electrons. The molecule has 0 radical (unpaired) electrons. The van der Waals surface area contributed by atoms with Crippen LogP contribution in [0.3, 0.4) is 0 Å². The van der Waals surface area contributed by atoms with E-state index >= 15 is 0 Å². The topological polar surface area (TPSA) is 118 Å². The van der Waals surface area contributed by atoms with E-state index in [0.29, 0.717) is 44.0 Å². The highest BCUT2D eigenvalue weighted by Crippen LogP contribution is 2.37. The first-order valence-corrected chi connectivity index (χ1v) is 9.26. The number of fused-ring (bicyclic) bond motifs is 1. The summed E-state index contributed by atoms with van der Waals surface area (Å²) in [6, 6.07) is 9.09. The molecule has 0 aliphatic carbocycles. The number of aromatic nitrogens is 3. The minimum Gasteiger partial charge on any atom is -0.431 e. The Hall–Kier alpha value is -3.37. The molecule has 0 bridgehead atoms. The summed E-state index contributed by atoms with van der Waals surface area (Å²) in [4.78, 5) is 27.8. The quantitative estimate of drug-likeness (QED) is 0.492. The second kappa shape index (κ2) is 8.33. The van der Waals surface area contributed by atoms with E-state index in [1.807, 2.05) is 23.1 Å². The van der Waals surface area contributed by atoms with Gasteiger partial charge in [-0.15, -0.1) is 0 Å². The normalized spacial score (nSPS) is 14.9. The summed E-state index contributed by atoms with van der Waals surface area (Å²) in [6.07, 6.45) is 2.91. The summed E-state index contributed by atoms with van der Waals surface area (Å²) in [5.74, 6) is 0.511. The van der Waals surface area contributed by atoms with Crippen LogP contribution in [0, 0.1) is 10.1 Å². The fourth-order valence-electron chi connectivity index (χ4n) is 3.41. The molecule has 0 amide bonds. The van der Waals surface area contributed by atoms with Crippen molar-refractivity contribution in [2.24, 2.45) is 0 Å². The minimum atomic E-state index is -0.511. The molecule has 4 rings (SSSR count). The zero-order chi connectivity index (χ0) is 20.2. The van der Waals surface area contributed by atoms with Crippen molar-refractivity contribution in [2.45, 2.75) is 0 Å². The summed E-state index contributed by atoms with van der Waals surface area (Å²) in [6.45, 7) is 3.17. The van der Waals surface area contributed by atoms with Crippen molar-refractivity contribution in [3.05, 3.63) is 53.0 Å². The highest BCUT2D eigenvalue weighted by Gasteiger charge is 2.30. The van der Waals surface area contributed by atoms with Gasteiger partial charge in [0.2, 0.25) is 5.82 Å². The number of aliphatic hydroxyl groups is 1. The van der Waals surface area contributed by atoms with Gasteiger partial charge in [0.25, 0.3) is 0 Å². The molecule has 1 aliphatic heterocycles. The van der Waals surface area contributed by atoms with Crippen molar-refractivity contribution in [1.82, 2.24) is 19.9 Å². The van der Waals surface area contributed by atoms with E-state index in [2.05, 4.69) is 19.9 Å². The third kappa shape index (κ3) is 3.93. The number of pyridine rings is 1. The van der Waals surface area contributed by atoms with Crippen molar-refractivity contribution in [2.75, 3.05) is 44.2 Å². The van der Waals surface area contributed by atoms with Gasteiger partial charge < -0.3 is 14.7 Å². The van der Waals surface area contributed by atoms with Gasteiger partial charge in [-0.2, -0.15) is 4.98 Å². The molecule has 3 aromatic rings. The van der Waals surface area contributed by atoms with Crippen LogP contribution in [0.25, 0.3) is 10.9 Å². The Labute approximate surface area is 166 Å². The van der Waals surface area contributed by atoms with Crippen LogP contribution in [-0.4, -0.2) is 69.2 Å². The Morgan fingerprint density at radius 1 is 1.10 bits per heavy atom. The summed E-state index contributed by atoms with van der Waals surface area (Å²) in [5.41, 5.74) is 0.332. The molecule has 1 saturated heterocycles. The molecular formula is C19H20N6O4. The van der Waals surface area contributed by atoms with Gasteiger partial charge in [0.1, 0.15) is 11.8 Å². The third-order valence-corrected chi connectivity index (χ3v) is 4.84. The van der Waals surface area contributed by atoms with Crippen LogP contribution < -0.4 is 9.64 Å². The van der Waals surface area contributed by atoms with Gasteiger partial charge in [0.15, 0.2) is 5.75 Å². The van der Waals surface area contributed by atoms with Gasteiger partial charge in [-0.05, 0) is 12.1 Å². The number of nitro groups is 1. The molecule has 0 atom stereocenters. The van der Waals surface area contributed by atoms with E-state index in [-0.39, 0.29) is 24.0 Å². The van der Waals surface area contributed by atoms with Gasteiger partial charge in [0, 0.05) is 44.3 Å². The third-order valence-electron chi connectivity index (χ3n) is 4.84. The SMILES string of the molecule is O=[N+]([O-])c1c(Oc2cccc3cccnc23)ncnc1N1CCN(CCO)CC1. The first kappa shape index (κ1) is 19.0. The number of ether oxygens (including phenoxy) is 1. The summed E-state index contributed by atoms with van der Waals surface area (Å²) >= 11 is 0. The largest absolute Gasteiger partial charge is 0.431 e. The number of hydrogen-bond acceptors (Lipinski definition) is 9. The van der Waals surface area contributed by atoms with Crippen LogP contribution in [0.1, 0.15) is 0 Å². The number of rotatable bonds is 6. The lowest BCUT2D eigenvalue weighted by Gasteiger charge is -2.34. The van der Waals surface area contributed by atoms with E-state index < -0.39 is 4.92 Å². The molecule has 2 aromatic heterocycles. The number of piperazine rings is 1. The number of aliphatic hydroxyl groups excluding tert-OH is 1. The summed E-state index contributed by atoms with van der Waals surface area (Å²) < 4.78 is 5.85. The fourth-order valence-corrected chi connectivity index (χ4v) is 3.41. The molecule has 0 spiro atoms. The molecule has 1 fully saturated rings. The first-order valence-electron chi connectivity index (χ1n) is 9.26. The van der Waals surface area contributed by atoms with Crippen LogP contribution in [0.15, 0.2) is 42.9 Å². The maximum Gasteiger partial charge on any atom is 0.373 e. The van der Waals surface area contributed by atoms with Crippen molar-refractivity contribution >= 4 is 22.4 Å². The van der Waals surface area contributed by atoms with Crippen LogP contribution in [0.4, 0.5) is 11.5 Å². The Morgan fingerprint density at radius 3 is 2.66 bits per heavy atom. The van der Waals surface area contributed by atoms with Crippen LogP contribution in [-0.2, 0) is 0 Å². The first-order chi connectivity index (χ1) is 14.2. The van der Waals surface area contributed by atoms with Gasteiger partial charge >= 0.3 is 11.6 Å². The number of β-amino-alcohol motifs (C(OH)–C–C–N with tert-alkyl or cyclic N) is 1. The van der Waals surface area contributed by atoms with E-state index in [4.69, 9.17) is 9.84 Å².